The second kappa shape index (κ2) is 5.66. The van der Waals surface area contributed by atoms with Gasteiger partial charge in [0.2, 0.25) is 0 Å². The molecule has 0 unspecified atom stereocenters. The van der Waals surface area contributed by atoms with Gasteiger partial charge >= 0.3 is 0 Å². The van der Waals surface area contributed by atoms with Crippen molar-refractivity contribution in [1.82, 2.24) is 4.98 Å². The highest BCUT2D eigenvalue weighted by atomic mass is 79.9. The maximum absolute atomic E-state index is 5.75. The largest absolute Gasteiger partial charge is 0.370 e. The molecule has 0 aliphatic heterocycles. The fourth-order valence-electron chi connectivity index (χ4n) is 1.28. The first-order valence-electron chi connectivity index (χ1n) is 4.84. The van der Waals surface area contributed by atoms with Crippen LogP contribution in [0.1, 0.15) is 4.88 Å². The molecule has 0 radical (unpaired) electrons. The van der Waals surface area contributed by atoms with Crippen molar-refractivity contribution in [3.05, 3.63) is 44.1 Å². The zero-order valence-corrected chi connectivity index (χ0v) is 11.6. The molecule has 5 heteroatoms. The minimum atomic E-state index is 0.660. The maximum atomic E-state index is 5.75. The van der Waals surface area contributed by atoms with Gasteiger partial charge in [0.15, 0.2) is 0 Å². The van der Waals surface area contributed by atoms with E-state index in [1.54, 1.807) is 17.5 Å². The lowest BCUT2D eigenvalue weighted by Crippen LogP contribution is -2.04. The summed E-state index contributed by atoms with van der Waals surface area (Å²) in [5.41, 5.74) is 0. The van der Waals surface area contributed by atoms with Gasteiger partial charge in [0, 0.05) is 17.6 Å². The topological polar surface area (TPSA) is 24.9 Å². The Balaban J connectivity index is 1.82. The van der Waals surface area contributed by atoms with Crippen molar-refractivity contribution in [3.8, 4) is 0 Å². The summed E-state index contributed by atoms with van der Waals surface area (Å²) in [6.45, 7) is 0.877. The molecule has 1 N–H and O–H groups in total. The van der Waals surface area contributed by atoms with Crippen LogP contribution in [0.3, 0.4) is 0 Å². The van der Waals surface area contributed by atoms with E-state index in [0.29, 0.717) is 5.02 Å². The minimum absolute atomic E-state index is 0.660. The molecule has 2 aromatic rings. The van der Waals surface area contributed by atoms with Gasteiger partial charge in [-0.1, -0.05) is 11.6 Å². The van der Waals surface area contributed by atoms with E-state index in [2.05, 4.69) is 38.4 Å². The molecular formula is C11H10BrClN2S. The van der Waals surface area contributed by atoms with Gasteiger partial charge in [0.05, 0.1) is 8.81 Å². The first kappa shape index (κ1) is 11.9. The third kappa shape index (κ3) is 3.47. The first-order valence-corrected chi connectivity index (χ1v) is 6.82. The Labute approximate surface area is 112 Å². The van der Waals surface area contributed by atoms with Crippen LogP contribution in [0, 0.1) is 0 Å². The maximum Gasteiger partial charge on any atom is 0.125 e. The fraction of sp³-hybridized carbons (Fsp3) is 0.182. The zero-order chi connectivity index (χ0) is 11.4. The summed E-state index contributed by atoms with van der Waals surface area (Å²) in [4.78, 5) is 5.52. The fourth-order valence-corrected chi connectivity index (χ4v) is 2.87. The van der Waals surface area contributed by atoms with Gasteiger partial charge in [0.1, 0.15) is 5.82 Å². The molecule has 0 aliphatic rings. The molecule has 0 saturated carbocycles. The van der Waals surface area contributed by atoms with Crippen LogP contribution in [0.25, 0.3) is 0 Å². The first-order chi connectivity index (χ1) is 7.74. The molecule has 0 fully saturated rings. The minimum Gasteiger partial charge on any atom is -0.370 e. The second-order valence-corrected chi connectivity index (χ2v) is 6.23. The van der Waals surface area contributed by atoms with Crippen molar-refractivity contribution in [3.63, 3.8) is 0 Å². The molecule has 0 aromatic carbocycles. The number of nitrogens with zero attached hydrogens (tertiary/aromatic N) is 1. The van der Waals surface area contributed by atoms with Crippen LogP contribution >= 0.6 is 38.9 Å². The number of hydrogen-bond acceptors (Lipinski definition) is 3. The Hall–Kier alpha value is -0.580. The summed E-state index contributed by atoms with van der Waals surface area (Å²) in [5, 5.41) is 3.91. The summed E-state index contributed by atoms with van der Waals surface area (Å²) in [5.74, 6) is 0.861. The number of aromatic nitrogens is 1. The van der Waals surface area contributed by atoms with Crippen LogP contribution < -0.4 is 5.32 Å². The van der Waals surface area contributed by atoms with Crippen molar-refractivity contribution < 1.29 is 0 Å². The Morgan fingerprint density at radius 3 is 2.81 bits per heavy atom. The van der Waals surface area contributed by atoms with Gasteiger partial charge in [-0.25, -0.2) is 4.98 Å². The summed E-state index contributed by atoms with van der Waals surface area (Å²) in [6.07, 6.45) is 2.65. The number of nitrogens with one attached hydrogen (secondary N) is 1. The quantitative estimate of drug-likeness (QED) is 0.913. The molecule has 0 spiro atoms. The van der Waals surface area contributed by atoms with Crippen molar-refractivity contribution in [2.45, 2.75) is 6.42 Å². The molecule has 0 amide bonds. The van der Waals surface area contributed by atoms with Crippen LogP contribution in [0.5, 0.6) is 0 Å². The predicted octanol–water partition coefficient (Wildman–Crippen LogP) is 4.21. The molecule has 2 nitrogen and oxygen atoms in total. The number of halogens is 2. The van der Waals surface area contributed by atoms with Gasteiger partial charge < -0.3 is 5.32 Å². The third-order valence-electron chi connectivity index (χ3n) is 2.03. The SMILES string of the molecule is Clc1ccc(NCCc2ccc(Br)s2)nc1. The summed E-state index contributed by atoms with van der Waals surface area (Å²) < 4.78 is 1.17. The van der Waals surface area contributed by atoms with E-state index in [-0.39, 0.29) is 0 Å². The Morgan fingerprint density at radius 1 is 1.31 bits per heavy atom. The molecule has 84 valence electrons. The Kier molecular flexibility index (Phi) is 4.21. The Bertz CT molecular complexity index is 455. The monoisotopic (exact) mass is 316 g/mol. The van der Waals surface area contributed by atoms with Gasteiger partial charge in [-0.05, 0) is 46.6 Å². The molecule has 0 bridgehead atoms. The van der Waals surface area contributed by atoms with Crippen LogP contribution in [0.4, 0.5) is 5.82 Å². The molecule has 0 saturated heterocycles. The van der Waals surface area contributed by atoms with Crippen molar-refractivity contribution in [1.29, 1.82) is 0 Å². The lowest BCUT2D eigenvalue weighted by atomic mass is 10.3. The van der Waals surface area contributed by atoms with Crippen LogP contribution in [-0.2, 0) is 6.42 Å². The summed E-state index contributed by atoms with van der Waals surface area (Å²) in [7, 11) is 0. The highest BCUT2D eigenvalue weighted by molar-refractivity contribution is 9.11. The average molecular weight is 318 g/mol. The molecule has 2 aromatic heterocycles. The smallest absolute Gasteiger partial charge is 0.125 e. The van der Waals surface area contributed by atoms with Crippen molar-refractivity contribution in [2.24, 2.45) is 0 Å². The molecule has 16 heavy (non-hydrogen) atoms. The molecule has 2 heterocycles. The summed E-state index contributed by atoms with van der Waals surface area (Å²) >= 11 is 11.0. The number of rotatable bonds is 4. The van der Waals surface area contributed by atoms with Gasteiger partial charge in [-0.2, -0.15) is 0 Å². The van der Waals surface area contributed by atoms with Crippen LogP contribution in [-0.4, -0.2) is 11.5 Å². The number of pyridine rings is 1. The zero-order valence-electron chi connectivity index (χ0n) is 8.41. The van der Waals surface area contributed by atoms with E-state index in [4.69, 9.17) is 11.6 Å². The van der Waals surface area contributed by atoms with Gasteiger partial charge in [-0.15, -0.1) is 11.3 Å². The standard InChI is InChI=1S/C11H10BrClN2S/c12-10-3-2-9(16-10)5-6-14-11-4-1-8(13)7-15-11/h1-4,7H,5-6H2,(H,14,15). The van der Waals surface area contributed by atoms with E-state index in [1.165, 1.54) is 8.66 Å². The van der Waals surface area contributed by atoms with Crippen LogP contribution in [0.2, 0.25) is 5.02 Å². The van der Waals surface area contributed by atoms with E-state index >= 15 is 0 Å². The predicted molar refractivity (Wildman–Crippen MR) is 73.5 cm³/mol. The molecular weight excluding hydrogens is 308 g/mol. The van der Waals surface area contributed by atoms with Crippen LogP contribution in [0.15, 0.2) is 34.2 Å². The van der Waals surface area contributed by atoms with Gasteiger partial charge in [-0.3, -0.25) is 0 Å². The van der Waals surface area contributed by atoms with E-state index in [9.17, 15) is 0 Å². The second-order valence-electron chi connectivity index (χ2n) is 3.24. The summed E-state index contributed by atoms with van der Waals surface area (Å²) in [6, 6.07) is 7.91. The Morgan fingerprint density at radius 2 is 2.19 bits per heavy atom. The third-order valence-corrected chi connectivity index (χ3v) is 3.94. The number of thiophene rings is 1. The van der Waals surface area contributed by atoms with E-state index < -0.39 is 0 Å². The van der Waals surface area contributed by atoms with Crippen molar-refractivity contribution >= 4 is 44.7 Å². The number of anilines is 1. The molecule has 2 rings (SSSR count). The van der Waals surface area contributed by atoms with E-state index in [0.717, 1.165) is 18.8 Å². The normalized spacial score (nSPS) is 10.4. The van der Waals surface area contributed by atoms with Crippen molar-refractivity contribution in [2.75, 3.05) is 11.9 Å². The lowest BCUT2D eigenvalue weighted by Gasteiger charge is -2.03. The highest BCUT2D eigenvalue weighted by Gasteiger charge is 1.98. The lowest BCUT2D eigenvalue weighted by molar-refractivity contribution is 1.03. The molecule has 0 aliphatic carbocycles. The van der Waals surface area contributed by atoms with E-state index in [1.807, 2.05) is 12.1 Å². The molecule has 0 atom stereocenters. The van der Waals surface area contributed by atoms with Gasteiger partial charge in [0.25, 0.3) is 0 Å². The highest BCUT2D eigenvalue weighted by Crippen LogP contribution is 2.22. The average Bonchev–Trinajstić information content (AvgIpc) is 2.67. The number of hydrogen-bond donors (Lipinski definition) is 1.